The van der Waals surface area contributed by atoms with Crippen molar-refractivity contribution in [3.63, 3.8) is 0 Å². The number of nitriles is 1. The van der Waals surface area contributed by atoms with Crippen LogP contribution >= 0.6 is 0 Å². The van der Waals surface area contributed by atoms with Crippen molar-refractivity contribution in [3.8, 4) is 6.07 Å². The Morgan fingerprint density at radius 1 is 1.44 bits per heavy atom. The summed E-state index contributed by atoms with van der Waals surface area (Å²) in [6.07, 6.45) is 6.50. The van der Waals surface area contributed by atoms with Crippen LogP contribution in [0.15, 0.2) is 30.0 Å². The molecule has 0 aliphatic rings. The van der Waals surface area contributed by atoms with Crippen molar-refractivity contribution >= 4 is 17.7 Å². The Kier molecular flexibility index (Phi) is 6.63. The summed E-state index contributed by atoms with van der Waals surface area (Å²) >= 11 is 0. The Bertz CT molecular complexity index is 767. The second-order valence-corrected chi connectivity index (χ2v) is 5.55. The maximum absolute atomic E-state index is 11.8. The number of H-pyrrole nitrogens is 1. The summed E-state index contributed by atoms with van der Waals surface area (Å²) < 4.78 is 0. The summed E-state index contributed by atoms with van der Waals surface area (Å²) in [5, 5.41) is 13.8. The number of nitrogens with two attached hydrogens (primary N) is 1. The number of hydrogen-bond donors (Lipinski definition) is 4. The fourth-order valence-corrected chi connectivity index (χ4v) is 2.00. The van der Waals surface area contributed by atoms with E-state index in [1.54, 1.807) is 39.0 Å². The number of hydrogen-bond acceptors (Lipinski definition) is 5. The number of carbonyl (C=O) groups excluding carboxylic acids is 3. The Morgan fingerprint density at radius 2 is 2.12 bits per heavy atom. The van der Waals surface area contributed by atoms with E-state index in [1.165, 1.54) is 6.20 Å². The number of nitrogens with zero attached hydrogens (tertiary/aromatic N) is 2. The molecule has 0 saturated heterocycles. The smallest absolute Gasteiger partial charge is 0.309 e. The van der Waals surface area contributed by atoms with Crippen molar-refractivity contribution in [1.29, 1.82) is 5.26 Å². The first-order valence-corrected chi connectivity index (χ1v) is 7.40. The number of aromatic nitrogens is 2. The molecule has 0 fully saturated rings. The van der Waals surface area contributed by atoms with Gasteiger partial charge in [-0.15, -0.1) is 0 Å². The van der Waals surface area contributed by atoms with E-state index in [4.69, 9.17) is 11.0 Å². The molecule has 25 heavy (non-hydrogen) atoms. The van der Waals surface area contributed by atoms with Gasteiger partial charge in [0.1, 0.15) is 6.07 Å². The van der Waals surface area contributed by atoms with E-state index in [0.29, 0.717) is 0 Å². The molecule has 1 rings (SSSR count). The molecule has 9 nitrogen and oxygen atoms in total. The molecule has 0 atom stereocenters. The molecular formula is C16H20N6O3. The maximum Gasteiger partial charge on any atom is 0.309 e. The van der Waals surface area contributed by atoms with Gasteiger partial charge in [0, 0.05) is 12.7 Å². The predicted molar refractivity (Wildman–Crippen MR) is 89.9 cm³/mol. The number of nitrogens with one attached hydrogen (secondary N) is 3. The van der Waals surface area contributed by atoms with Crippen molar-refractivity contribution in [1.82, 2.24) is 20.6 Å². The molecule has 0 spiro atoms. The second kappa shape index (κ2) is 8.44. The lowest BCUT2D eigenvalue weighted by molar-refractivity contribution is -0.138. The quantitative estimate of drug-likeness (QED) is 0.419. The molecule has 1 aromatic rings. The first kappa shape index (κ1) is 19.6. The molecule has 5 N–H and O–H groups in total. The molecular weight excluding hydrogens is 324 g/mol. The van der Waals surface area contributed by atoms with Gasteiger partial charge in [0.25, 0.3) is 5.91 Å². The Balaban J connectivity index is 2.63. The van der Waals surface area contributed by atoms with Crippen LogP contribution in [0.3, 0.4) is 0 Å². The fraction of sp³-hybridized carbons (Fsp3) is 0.312. The largest absolute Gasteiger partial charge is 0.361 e. The summed E-state index contributed by atoms with van der Waals surface area (Å²) in [6, 6.07) is 1.82. The van der Waals surface area contributed by atoms with Gasteiger partial charge in [-0.3, -0.25) is 14.4 Å². The molecule has 0 aliphatic heterocycles. The Morgan fingerprint density at radius 3 is 2.64 bits per heavy atom. The third kappa shape index (κ3) is 5.62. The molecule has 1 heterocycles. The molecule has 1 aromatic heterocycles. The minimum absolute atomic E-state index is 0.0465. The van der Waals surface area contributed by atoms with Crippen LogP contribution in [0.4, 0.5) is 0 Å². The normalized spacial score (nSPS) is 11.8. The zero-order chi connectivity index (χ0) is 19.0. The van der Waals surface area contributed by atoms with Gasteiger partial charge in [-0.05, 0) is 26.3 Å². The average Bonchev–Trinajstić information content (AvgIpc) is 3.03. The number of rotatable bonds is 6. The van der Waals surface area contributed by atoms with E-state index < -0.39 is 23.3 Å². The number of aromatic amines is 1. The molecule has 0 saturated carbocycles. The van der Waals surface area contributed by atoms with Crippen LogP contribution in [0.2, 0.25) is 0 Å². The van der Waals surface area contributed by atoms with Gasteiger partial charge < -0.3 is 21.4 Å². The van der Waals surface area contributed by atoms with Gasteiger partial charge in [0.05, 0.1) is 5.54 Å². The monoisotopic (exact) mass is 344 g/mol. The van der Waals surface area contributed by atoms with E-state index in [1.807, 2.05) is 6.07 Å². The highest BCUT2D eigenvalue weighted by Gasteiger charge is 2.25. The molecule has 132 valence electrons. The van der Waals surface area contributed by atoms with Gasteiger partial charge in [-0.1, -0.05) is 18.2 Å². The van der Waals surface area contributed by atoms with Gasteiger partial charge in [-0.25, -0.2) is 4.98 Å². The van der Waals surface area contributed by atoms with Crippen LogP contribution in [0.25, 0.3) is 0 Å². The van der Waals surface area contributed by atoms with E-state index in [2.05, 4.69) is 20.6 Å². The first-order valence-electron chi connectivity index (χ1n) is 7.40. The van der Waals surface area contributed by atoms with E-state index in [0.717, 1.165) is 5.57 Å². The SMILES string of the molecule is C/C=C(\C=C/CNC(=O)c1nc(C#N)c[nH]1)C(C)(C)NC(=O)C(N)=O. The summed E-state index contributed by atoms with van der Waals surface area (Å²) in [7, 11) is 0. The Hall–Kier alpha value is -3.41. The third-order valence-corrected chi connectivity index (χ3v) is 3.27. The lowest BCUT2D eigenvalue weighted by Crippen LogP contribution is -2.49. The fourth-order valence-electron chi connectivity index (χ4n) is 2.00. The number of imidazole rings is 1. The van der Waals surface area contributed by atoms with E-state index in [9.17, 15) is 14.4 Å². The molecule has 0 radical (unpaired) electrons. The van der Waals surface area contributed by atoms with Crippen LogP contribution in [0.1, 0.15) is 37.1 Å². The minimum atomic E-state index is -1.06. The lowest BCUT2D eigenvalue weighted by atomic mass is 9.93. The third-order valence-electron chi connectivity index (χ3n) is 3.27. The zero-order valence-corrected chi connectivity index (χ0v) is 14.2. The topological polar surface area (TPSA) is 154 Å². The Labute approximate surface area is 145 Å². The van der Waals surface area contributed by atoms with Crippen molar-refractivity contribution in [3.05, 3.63) is 41.5 Å². The maximum atomic E-state index is 11.8. The van der Waals surface area contributed by atoms with Crippen LogP contribution in [0, 0.1) is 11.3 Å². The number of allylic oxidation sites excluding steroid dienone is 1. The molecule has 0 unspecified atom stereocenters. The molecule has 0 aromatic carbocycles. The van der Waals surface area contributed by atoms with Gasteiger partial charge >= 0.3 is 11.8 Å². The summed E-state index contributed by atoms with van der Waals surface area (Å²) in [4.78, 5) is 40.6. The summed E-state index contributed by atoms with van der Waals surface area (Å²) in [6.45, 7) is 5.43. The molecule has 9 heteroatoms. The minimum Gasteiger partial charge on any atom is -0.361 e. The molecule has 3 amide bonds. The first-order chi connectivity index (χ1) is 11.7. The van der Waals surface area contributed by atoms with Crippen molar-refractivity contribution in [2.45, 2.75) is 26.3 Å². The summed E-state index contributed by atoms with van der Waals surface area (Å²) in [5.74, 6) is -2.34. The lowest BCUT2D eigenvalue weighted by Gasteiger charge is -2.27. The summed E-state index contributed by atoms with van der Waals surface area (Å²) in [5.41, 5.74) is 4.98. The second-order valence-electron chi connectivity index (χ2n) is 5.55. The average molecular weight is 344 g/mol. The highest BCUT2D eigenvalue weighted by atomic mass is 16.2. The van der Waals surface area contributed by atoms with Gasteiger partial charge in [-0.2, -0.15) is 5.26 Å². The van der Waals surface area contributed by atoms with Gasteiger partial charge in [0.2, 0.25) is 0 Å². The standard InChI is InChI=1S/C16H20N6O3/c1-4-10(16(2,3)22-14(24)12(18)23)6-5-7-19-15(25)13-20-9-11(8-17)21-13/h4-6,9H,7H2,1-3H3,(H2,18,23)(H,19,25)(H,20,21)(H,22,24)/b6-5-,10-4+. The van der Waals surface area contributed by atoms with E-state index in [-0.39, 0.29) is 18.1 Å². The van der Waals surface area contributed by atoms with Crippen molar-refractivity contribution < 1.29 is 14.4 Å². The number of amides is 3. The number of carbonyl (C=O) groups is 3. The van der Waals surface area contributed by atoms with Crippen LogP contribution in [-0.4, -0.2) is 39.8 Å². The van der Waals surface area contributed by atoms with Crippen LogP contribution < -0.4 is 16.4 Å². The van der Waals surface area contributed by atoms with Gasteiger partial charge in [0.15, 0.2) is 11.5 Å². The van der Waals surface area contributed by atoms with Crippen LogP contribution in [-0.2, 0) is 9.59 Å². The highest BCUT2D eigenvalue weighted by molar-refractivity contribution is 6.34. The molecule has 0 bridgehead atoms. The highest BCUT2D eigenvalue weighted by Crippen LogP contribution is 2.17. The van der Waals surface area contributed by atoms with Crippen molar-refractivity contribution in [2.24, 2.45) is 5.73 Å². The zero-order valence-electron chi connectivity index (χ0n) is 14.2. The molecule has 0 aliphatic carbocycles. The van der Waals surface area contributed by atoms with Crippen molar-refractivity contribution in [2.75, 3.05) is 6.54 Å². The van der Waals surface area contributed by atoms with Crippen LogP contribution in [0.5, 0.6) is 0 Å². The van der Waals surface area contributed by atoms with E-state index >= 15 is 0 Å². The number of primary amides is 1. The predicted octanol–water partition coefficient (Wildman–Crippen LogP) is -0.106.